The minimum absolute atomic E-state index is 0.0135. The molecule has 3 aromatic heterocycles. The Hall–Kier alpha value is -3.44. The number of carbonyl (C=O) groups is 1. The topological polar surface area (TPSA) is 135 Å². The van der Waals surface area contributed by atoms with Gasteiger partial charge in [0.15, 0.2) is 5.65 Å². The Bertz CT molecular complexity index is 1250. The van der Waals surface area contributed by atoms with Crippen molar-refractivity contribution in [2.75, 3.05) is 24.8 Å². The number of aliphatic hydroxyl groups excluding tert-OH is 1. The van der Waals surface area contributed by atoms with Crippen LogP contribution in [0.1, 0.15) is 42.1 Å². The van der Waals surface area contributed by atoms with Crippen LogP contribution in [0.2, 0.25) is 0 Å². The molecule has 11 nitrogen and oxygen atoms in total. The van der Waals surface area contributed by atoms with Crippen molar-refractivity contribution in [2.24, 2.45) is 0 Å². The Kier molecular flexibility index (Phi) is 5.51. The van der Waals surface area contributed by atoms with E-state index in [4.69, 9.17) is 4.74 Å². The summed E-state index contributed by atoms with van der Waals surface area (Å²) in [4.78, 5) is 30.5. The number of carbonyl (C=O) groups excluding carboxylic acids is 1. The minimum atomic E-state index is -0.525. The fraction of sp³-hybridized carbons (Fsp3) is 0.455. The number of methoxy groups -OCH3 is 1. The lowest BCUT2D eigenvalue weighted by atomic mass is 9.88. The van der Waals surface area contributed by atoms with E-state index in [2.05, 4.69) is 26.0 Å². The average molecular weight is 454 g/mol. The third-order valence-corrected chi connectivity index (χ3v) is 6.60. The number of hydrogen-bond donors (Lipinski definition) is 4. The van der Waals surface area contributed by atoms with Crippen LogP contribution in [0.25, 0.3) is 5.65 Å². The zero-order valence-electron chi connectivity index (χ0n) is 18.5. The molecular formula is C22H27N7O4. The standard InChI is InChI=1S/C22H27N7O4/c1-23-19-10-18(25-14-4-3-9-28(22(14)32)15-6-8-17(15)33-2)27-20-12(11-24-29(19)20)21(31)26-13-5-7-16(13)30/h3-4,9-11,13,15-17,23,30H,5-8H2,1-2H3,(H,25,27)(H,26,31)/t13-,15-,16+,17-/m0/s1. The molecule has 11 heteroatoms. The number of aliphatic hydroxyl groups is 1. The summed E-state index contributed by atoms with van der Waals surface area (Å²) in [7, 11) is 3.40. The lowest BCUT2D eigenvalue weighted by molar-refractivity contribution is -0.0103. The number of nitrogens with one attached hydrogen (secondary N) is 3. The van der Waals surface area contributed by atoms with Crippen LogP contribution < -0.4 is 21.5 Å². The van der Waals surface area contributed by atoms with Gasteiger partial charge in [0.2, 0.25) is 0 Å². The second-order valence-electron chi connectivity index (χ2n) is 8.47. The number of anilines is 3. The molecule has 0 unspecified atom stereocenters. The fourth-order valence-corrected chi connectivity index (χ4v) is 4.31. The SMILES string of the molecule is CNc1cc(Nc2cccn([C@H]3CC[C@@H]3OC)c2=O)nc2c(C(=O)N[C@H]3CC[C@H]3O)cnn12. The van der Waals surface area contributed by atoms with Crippen molar-refractivity contribution >= 4 is 28.9 Å². The first-order valence-corrected chi connectivity index (χ1v) is 11.1. The Morgan fingerprint density at radius 3 is 2.76 bits per heavy atom. The third-order valence-electron chi connectivity index (χ3n) is 6.60. The van der Waals surface area contributed by atoms with Crippen LogP contribution in [0.3, 0.4) is 0 Å². The molecule has 0 aliphatic heterocycles. The van der Waals surface area contributed by atoms with Gasteiger partial charge < -0.3 is 30.4 Å². The summed E-state index contributed by atoms with van der Waals surface area (Å²) in [6.45, 7) is 0. The lowest BCUT2D eigenvalue weighted by Crippen LogP contribution is -2.50. The molecule has 3 heterocycles. The van der Waals surface area contributed by atoms with Crippen LogP contribution in [0.4, 0.5) is 17.3 Å². The van der Waals surface area contributed by atoms with Crippen LogP contribution in [-0.4, -0.2) is 62.6 Å². The molecule has 0 saturated heterocycles. The van der Waals surface area contributed by atoms with E-state index in [0.29, 0.717) is 29.4 Å². The molecule has 2 fully saturated rings. The zero-order chi connectivity index (χ0) is 23.1. The van der Waals surface area contributed by atoms with Gasteiger partial charge in [-0.2, -0.15) is 9.61 Å². The van der Waals surface area contributed by atoms with Crippen molar-refractivity contribution in [1.29, 1.82) is 0 Å². The molecule has 5 rings (SSSR count). The van der Waals surface area contributed by atoms with Crippen molar-refractivity contribution < 1.29 is 14.6 Å². The van der Waals surface area contributed by atoms with E-state index in [9.17, 15) is 14.7 Å². The average Bonchev–Trinajstić information content (AvgIpc) is 3.22. The summed E-state index contributed by atoms with van der Waals surface area (Å²) < 4.78 is 8.67. The van der Waals surface area contributed by atoms with Gasteiger partial charge in [0, 0.05) is 26.4 Å². The molecule has 2 saturated carbocycles. The van der Waals surface area contributed by atoms with Crippen LogP contribution in [0.15, 0.2) is 35.4 Å². The van der Waals surface area contributed by atoms with Gasteiger partial charge >= 0.3 is 0 Å². The number of rotatable bonds is 7. The number of pyridine rings is 1. The third kappa shape index (κ3) is 3.72. The minimum Gasteiger partial charge on any atom is -0.391 e. The van der Waals surface area contributed by atoms with Crippen LogP contribution in [0, 0.1) is 0 Å². The van der Waals surface area contributed by atoms with E-state index >= 15 is 0 Å². The molecule has 0 aromatic carbocycles. The molecular weight excluding hydrogens is 426 g/mol. The summed E-state index contributed by atoms with van der Waals surface area (Å²) in [6.07, 6.45) is 5.96. The summed E-state index contributed by atoms with van der Waals surface area (Å²) in [5.74, 6) is 0.648. The summed E-state index contributed by atoms with van der Waals surface area (Å²) in [5, 5.41) is 23.0. The Balaban J connectivity index is 1.46. The maximum Gasteiger partial charge on any atom is 0.274 e. The van der Waals surface area contributed by atoms with Crippen molar-refractivity contribution in [3.63, 3.8) is 0 Å². The van der Waals surface area contributed by atoms with E-state index in [0.717, 1.165) is 19.3 Å². The predicted molar refractivity (Wildman–Crippen MR) is 122 cm³/mol. The molecule has 2 aliphatic rings. The van der Waals surface area contributed by atoms with Gasteiger partial charge in [-0.25, -0.2) is 4.98 Å². The normalized spacial score (nSPS) is 24.1. The number of aromatic nitrogens is 4. The Morgan fingerprint density at radius 1 is 1.27 bits per heavy atom. The highest BCUT2D eigenvalue weighted by molar-refractivity contribution is 6.00. The smallest absolute Gasteiger partial charge is 0.274 e. The van der Waals surface area contributed by atoms with Crippen molar-refractivity contribution in [1.82, 2.24) is 24.5 Å². The van der Waals surface area contributed by atoms with Gasteiger partial charge in [0.05, 0.1) is 30.5 Å². The quantitative estimate of drug-likeness (QED) is 0.420. The van der Waals surface area contributed by atoms with Gasteiger partial charge in [0.25, 0.3) is 11.5 Å². The molecule has 0 radical (unpaired) electrons. The van der Waals surface area contributed by atoms with Gasteiger partial charge in [-0.15, -0.1) is 0 Å². The van der Waals surface area contributed by atoms with E-state index in [-0.39, 0.29) is 35.2 Å². The zero-order valence-corrected chi connectivity index (χ0v) is 18.5. The first-order valence-electron chi connectivity index (χ1n) is 11.1. The highest BCUT2D eigenvalue weighted by Crippen LogP contribution is 2.33. The summed E-state index contributed by atoms with van der Waals surface area (Å²) in [6, 6.07) is 4.98. The van der Waals surface area contributed by atoms with Crippen molar-refractivity contribution in [3.8, 4) is 0 Å². The highest BCUT2D eigenvalue weighted by Gasteiger charge is 2.33. The first-order chi connectivity index (χ1) is 16.0. The second kappa shape index (κ2) is 8.49. The molecule has 33 heavy (non-hydrogen) atoms. The van der Waals surface area contributed by atoms with Gasteiger partial charge in [-0.05, 0) is 37.8 Å². The molecule has 4 atom stereocenters. The number of fused-ring (bicyclic) bond motifs is 1. The summed E-state index contributed by atoms with van der Waals surface area (Å²) in [5.41, 5.74) is 0.839. The molecule has 1 amide bonds. The lowest BCUT2D eigenvalue weighted by Gasteiger charge is -2.36. The van der Waals surface area contributed by atoms with Gasteiger partial charge in [0.1, 0.15) is 22.9 Å². The molecule has 3 aromatic rings. The second-order valence-corrected chi connectivity index (χ2v) is 8.47. The fourth-order valence-electron chi connectivity index (χ4n) is 4.31. The van der Waals surface area contributed by atoms with Gasteiger partial charge in [-0.1, -0.05) is 0 Å². The molecule has 0 bridgehead atoms. The molecule has 174 valence electrons. The predicted octanol–water partition coefficient (Wildman–Crippen LogP) is 1.28. The molecule has 4 N–H and O–H groups in total. The van der Waals surface area contributed by atoms with Crippen LogP contribution in [-0.2, 0) is 4.74 Å². The summed E-state index contributed by atoms with van der Waals surface area (Å²) >= 11 is 0. The monoisotopic (exact) mass is 453 g/mol. The number of ether oxygens (including phenoxy) is 1. The maximum atomic E-state index is 13.1. The van der Waals surface area contributed by atoms with Crippen molar-refractivity contribution in [3.05, 3.63) is 46.5 Å². The molecule has 0 spiro atoms. The van der Waals surface area contributed by atoms with Crippen LogP contribution in [0.5, 0.6) is 0 Å². The van der Waals surface area contributed by atoms with E-state index in [1.807, 2.05) is 6.07 Å². The Morgan fingerprint density at radius 2 is 2.12 bits per heavy atom. The largest absolute Gasteiger partial charge is 0.391 e. The van der Waals surface area contributed by atoms with E-state index < -0.39 is 6.10 Å². The van der Waals surface area contributed by atoms with E-state index in [1.54, 1.807) is 37.1 Å². The maximum absolute atomic E-state index is 13.1. The first kappa shape index (κ1) is 21.4. The van der Waals surface area contributed by atoms with Crippen LogP contribution >= 0.6 is 0 Å². The highest BCUT2D eigenvalue weighted by atomic mass is 16.5. The number of amides is 1. The Labute approximate surface area is 189 Å². The van der Waals surface area contributed by atoms with E-state index in [1.165, 1.54) is 10.7 Å². The van der Waals surface area contributed by atoms with Gasteiger partial charge in [-0.3, -0.25) is 9.59 Å². The number of hydrogen-bond acceptors (Lipinski definition) is 8. The van der Waals surface area contributed by atoms with Crippen molar-refractivity contribution in [2.45, 2.75) is 50.0 Å². The molecule has 2 aliphatic carbocycles. The number of nitrogens with zero attached hydrogens (tertiary/aromatic N) is 4.